The lowest BCUT2D eigenvalue weighted by Gasteiger charge is -2.31. The fourth-order valence-corrected chi connectivity index (χ4v) is 7.42. The summed E-state index contributed by atoms with van der Waals surface area (Å²) in [4.78, 5) is 37.7. The molecule has 1 aliphatic heterocycles. The van der Waals surface area contributed by atoms with Crippen molar-refractivity contribution < 1.29 is 27.8 Å². The molecule has 1 fully saturated rings. The Balaban J connectivity index is 1.27. The highest BCUT2D eigenvalue weighted by molar-refractivity contribution is 6.39. The molecule has 1 aliphatic carbocycles. The first-order valence-corrected chi connectivity index (χ1v) is 17.0. The quantitative estimate of drug-likeness (QED) is 0.193. The van der Waals surface area contributed by atoms with E-state index in [-0.39, 0.29) is 34.8 Å². The minimum atomic E-state index is -4.99. The molecule has 12 nitrogen and oxygen atoms in total. The van der Waals surface area contributed by atoms with Gasteiger partial charge in [0.2, 0.25) is 11.7 Å². The molecule has 3 atom stereocenters. The lowest BCUT2D eigenvalue weighted by atomic mass is 9.99. The summed E-state index contributed by atoms with van der Waals surface area (Å²) in [6, 6.07) is 11.9. The van der Waals surface area contributed by atoms with E-state index in [0.717, 1.165) is 33.1 Å². The number of fused-ring (bicyclic) bond motifs is 2. The number of halogens is 5. The van der Waals surface area contributed by atoms with Crippen LogP contribution < -0.4 is 26.6 Å². The van der Waals surface area contributed by atoms with E-state index in [1.165, 1.54) is 20.2 Å². The van der Waals surface area contributed by atoms with Gasteiger partial charge in [-0.3, -0.25) is 13.9 Å². The minimum Gasteiger partial charge on any atom is -0.481 e. The van der Waals surface area contributed by atoms with Crippen LogP contribution in [0.2, 0.25) is 10.0 Å². The topological polar surface area (TPSA) is 145 Å². The Morgan fingerprint density at radius 1 is 0.981 bits per heavy atom. The van der Waals surface area contributed by atoms with Gasteiger partial charge in [-0.1, -0.05) is 53.5 Å². The number of hydrogen-bond acceptors (Lipinski definition) is 10. The monoisotopic (exact) mass is 757 g/mol. The number of benzene rings is 2. The third-order valence-corrected chi connectivity index (χ3v) is 10.3. The van der Waals surface area contributed by atoms with Crippen molar-refractivity contribution in [1.29, 1.82) is 0 Å². The van der Waals surface area contributed by atoms with Crippen molar-refractivity contribution in [3.63, 3.8) is 0 Å². The van der Waals surface area contributed by atoms with Gasteiger partial charge in [-0.2, -0.15) is 13.2 Å². The molecule has 0 unspecified atom stereocenters. The van der Waals surface area contributed by atoms with Crippen LogP contribution in [0.1, 0.15) is 35.8 Å². The molecule has 0 spiro atoms. The summed E-state index contributed by atoms with van der Waals surface area (Å²) in [6.07, 6.45) is -3.37. The maximum atomic E-state index is 13.9. The lowest BCUT2D eigenvalue weighted by Crippen LogP contribution is -2.47. The number of methoxy groups -OCH3 is 1. The first kappa shape index (κ1) is 35.8. The van der Waals surface area contributed by atoms with Gasteiger partial charge in [0.05, 0.1) is 41.2 Å². The number of anilines is 2. The Labute approximate surface area is 304 Å². The van der Waals surface area contributed by atoms with Crippen molar-refractivity contribution >= 4 is 45.7 Å². The second-order valence-electron chi connectivity index (χ2n) is 12.6. The number of aryl methyl sites for hydroxylation is 2. The van der Waals surface area contributed by atoms with Crippen molar-refractivity contribution in [2.75, 3.05) is 25.6 Å². The summed E-state index contributed by atoms with van der Waals surface area (Å²) < 4.78 is 54.4. The molecule has 0 saturated carbocycles. The first-order valence-electron chi connectivity index (χ1n) is 16.3. The molecule has 2 aromatic carbocycles. The van der Waals surface area contributed by atoms with E-state index in [4.69, 9.17) is 37.7 Å². The number of alkyl halides is 3. The molecule has 0 bridgehead atoms. The predicted molar refractivity (Wildman–Crippen MR) is 189 cm³/mol. The second kappa shape index (κ2) is 13.8. The Morgan fingerprint density at radius 2 is 1.69 bits per heavy atom. The third-order valence-electron chi connectivity index (χ3n) is 9.47. The van der Waals surface area contributed by atoms with E-state index in [0.29, 0.717) is 46.3 Å². The molecule has 0 radical (unpaired) electrons. The molecule has 3 aromatic heterocycles. The van der Waals surface area contributed by atoms with Gasteiger partial charge in [0.1, 0.15) is 11.2 Å². The van der Waals surface area contributed by atoms with Gasteiger partial charge < -0.3 is 25.2 Å². The molecule has 4 heterocycles. The van der Waals surface area contributed by atoms with Gasteiger partial charge in [0, 0.05) is 55.0 Å². The maximum Gasteiger partial charge on any atom is 0.451 e. The van der Waals surface area contributed by atoms with Gasteiger partial charge in [-0.25, -0.2) is 19.7 Å². The number of aromatic nitrogens is 5. The second-order valence-corrected chi connectivity index (χ2v) is 13.4. The molecule has 0 amide bonds. The summed E-state index contributed by atoms with van der Waals surface area (Å²) >= 11 is 14.0. The van der Waals surface area contributed by atoms with Gasteiger partial charge >= 0.3 is 11.9 Å². The maximum absolute atomic E-state index is 13.9. The molecular formula is C35H32Cl2F3N7O5. The highest BCUT2D eigenvalue weighted by Gasteiger charge is 2.37. The molecule has 7 rings (SSSR count). The molecule has 52 heavy (non-hydrogen) atoms. The number of aliphatic hydroxyl groups excluding tert-OH is 1. The van der Waals surface area contributed by atoms with Crippen molar-refractivity contribution in [2.24, 2.45) is 14.1 Å². The Morgan fingerprint density at radius 3 is 2.40 bits per heavy atom. The summed E-state index contributed by atoms with van der Waals surface area (Å²) in [5.41, 5.74) is 1.93. The van der Waals surface area contributed by atoms with Crippen LogP contribution in [0.3, 0.4) is 0 Å². The van der Waals surface area contributed by atoms with Crippen LogP contribution in [-0.2, 0) is 31.4 Å². The number of aliphatic hydroxyl groups is 1. The number of hydrogen-bond donors (Lipinski definition) is 3. The Bertz CT molecular complexity index is 2350. The number of rotatable bonds is 7. The highest BCUT2D eigenvalue weighted by atomic mass is 35.5. The van der Waals surface area contributed by atoms with Crippen LogP contribution in [0.4, 0.5) is 24.7 Å². The van der Waals surface area contributed by atoms with Crippen LogP contribution in [-0.4, -0.2) is 61.7 Å². The molecule has 1 saturated heterocycles. The minimum absolute atomic E-state index is 0.0654. The highest BCUT2D eigenvalue weighted by Crippen LogP contribution is 2.45. The number of pyridine rings is 1. The molecule has 3 N–H and O–H groups in total. The summed E-state index contributed by atoms with van der Waals surface area (Å²) in [5.74, 6) is -1.59. The van der Waals surface area contributed by atoms with Crippen LogP contribution in [0.25, 0.3) is 33.4 Å². The molecular weight excluding hydrogens is 726 g/mol. The Kier molecular flexibility index (Phi) is 9.50. The first-order chi connectivity index (χ1) is 24.8. The van der Waals surface area contributed by atoms with E-state index in [1.54, 1.807) is 31.4 Å². The summed E-state index contributed by atoms with van der Waals surface area (Å²) in [7, 11) is 3.96. The summed E-state index contributed by atoms with van der Waals surface area (Å²) in [5, 5.41) is 16.8. The zero-order chi connectivity index (χ0) is 37.1. The largest absolute Gasteiger partial charge is 0.481 e. The van der Waals surface area contributed by atoms with Crippen LogP contribution in [0.5, 0.6) is 5.88 Å². The van der Waals surface area contributed by atoms with E-state index < -0.39 is 40.8 Å². The standard InChI is InChI=1S/C35H32Cl2F3N7O5/c1-46-30-26(32(49)47(2)34(46)50)29(44-33(45-30)35(38,39)40)42-22-9-5-7-18(28(22)37)17-6-4-8-19(27(17)36)23-14-16-10-11-21(25(16)31(43-23)51-3)41-20-12-13-52-15-24(20)48/h4-9,14,20-21,24,41,48H,10-13,15H2,1-3H3,(H,42,44,45)/t20-,21+,24+/m1/s1. The zero-order valence-corrected chi connectivity index (χ0v) is 29.5. The molecule has 272 valence electrons. The SMILES string of the molecule is COc1nc(-c2cccc(-c3cccc(Nc4nc(C(F)(F)F)nc5c4c(=O)n(C)c(=O)n5C)c3Cl)c2Cl)cc2c1[C@@H](N[C@@H]1CCOC[C@@H]1O)CC2. The Hall–Kier alpha value is -4.54. The van der Waals surface area contributed by atoms with Crippen LogP contribution >= 0.6 is 23.2 Å². The van der Waals surface area contributed by atoms with Crippen LogP contribution in [0.15, 0.2) is 52.1 Å². The fourth-order valence-electron chi connectivity index (χ4n) is 6.82. The van der Waals surface area contributed by atoms with E-state index in [2.05, 4.69) is 20.6 Å². The summed E-state index contributed by atoms with van der Waals surface area (Å²) in [6.45, 7) is 0.848. The van der Waals surface area contributed by atoms with Gasteiger partial charge in [-0.15, -0.1) is 0 Å². The third kappa shape index (κ3) is 6.30. The van der Waals surface area contributed by atoms with Crippen molar-refractivity contribution in [1.82, 2.24) is 29.4 Å². The van der Waals surface area contributed by atoms with Gasteiger partial charge in [0.15, 0.2) is 5.65 Å². The van der Waals surface area contributed by atoms with E-state index in [9.17, 15) is 27.9 Å². The van der Waals surface area contributed by atoms with Crippen LogP contribution in [0, 0.1) is 0 Å². The fraction of sp³-hybridized carbons (Fsp3) is 0.343. The van der Waals surface area contributed by atoms with Crippen molar-refractivity contribution in [2.45, 2.75) is 43.6 Å². The molecule has 17 heteroatoms. The average Bonchev–Trinajstić information content (AvgIpc) is 3.53. The molecule has 2 aliphatic rings. The lowest BCUT2D eigenvalue weighted by molar-refractivity contribution is -0.144. The number of nitrogens with one attached hydrogen (secondary N) is 2. The number of nitrogens with zero attached hydrogens (tertiary/aromatic N) is 5. The smallest absolute Gasteiger partial charge is 0.451 e. The van der Waals surface area contributed by atoms with E-state index >= 15 is 0 Å². The van der Waals surface area contributed by atoms with Crippen molar-refractivity contribution in [3.8, 4) is 28.3 Å². The average molecular weight is 759 g/mol. The normalized spacial score (nSPS) is 18.8. The van der Waals surface area contributed by atoms with Crippen molar-refractivity contribution in [3.05, 3.63) is 90.3 Å². The van der Waals surface area contributed by atoms with Gasteiger partial charge in [-0.05, 0) is 37.0 Å². The predicted octanol–water partition coefficient (Wildman–Crippen LogP) is 5.56. The van der Waals surface area contributed by atoms with E-state index in [1.807, 2.05) is 12.1 Å². The number of ether oxygens (including phenoxy) is 2. The molecule has 5 aromatic rings. The zero-order valence-electron chi connectivity index (χ0n) is 28.0. The van der Waals surface area contributed by atoms with Gasteiger partial charge in [0.25, 0.3) is 5.56 Å².